The largest absolute Gasteiger partial charge is 0.416 e. The molecular weight excluding hydrogens is 400 g/mol. The molecule has 0 saturated carbocycles. The number of amides is 1. The zero-order chi connectivity index (χ0) is 21.6. The lowest BCUT2D eigenvalue weighted by Gasteiger charge is -2.20. The van der Waals surface area contributed by atoms with Crippen LogP contribution in [0.5, 0.6) is 0 Å². The van der Waals surface area contributed by atoms with Gasteiger partial charge in [0.2, 0.25) is 0 Å². The molecule has 9 heteroatoms. The lowest BCUT2D eigenvalue weighted by molar-refractivity contribution is -0.138. The number of benzene rings is 2. The van der Waals surface area contributed by atoms with E-state index in [-0.39, 0.29) is 23.6 Å². The molecule has 0 bridgehead atoms. The van der Waals surface area contributed by atoms with E-state index >= 15 is 0 Å². The highest BCUT2D eigenvalue weighted by Crippen LogP contribution is 2.39. The molecule has 2 heterocycles. The molecule has 5 nitrogen and oxygen atoms in total. The summed E-state index contributed by atoms with van der Waals surface area (Å²) in [4.78, 5) is 14.0. The fraction of sp³-hybridized carbons (Fsp3) is 0.286. The van der Waals surface area contributed by atoms with Gasteiger partial charge in [0.25, 0.3) is 5.91 Å². The van der Waals surface area contributed by atoms with E-state index in [1.807, 2.05) is 6.92 Å². The fourth-order valence-corrected chi connectivity index (χ4v) is 3.76. The third kappa shape index (κ3) is 3.44. The number of carbonyl (C=O) groups excluding carboxylic acids is 1. The Hall–Kier alpha value is -3.23. The molecule has 0 radical (unpaired) electrons. The first-order chi connectivity index (χ1) is 14.2. The average Bonchev–Trinajstić information content (AvgIpc) is 3.24. The summed E-state index contributed by atoms with van der Waals surface area (Å²) in [5.41, 5.74) is -0.162. The van der Waals surface area contributed by atoms with Crippen LogP contribution in [0, 0.1) is 5.82 Å². The van der Waals surface area contributed by atoms with E-state index in [1.165, 1.54) is 35.2 Å². The van der Waals surface area contributed by atoms with Crippen LogP contribution >= 0.6 is 0 Å². The minimum Gasteiger partial charge on any atom is -0.321 e. The number of halogens is 4. The zero-order valence-electron chi connectivity index (χ0n) is 16.2. The smallest absolute Gasteiger partial charge is 0.321 e. The van der Waals surface area contributed by atoms with Crippen LogP contribution in [0.3, 0.4) is 0 Å². The molecule has 0 unspecified atom stereocenters. The maximum absolute atomic E-state index is 14.5. The van der Waals surface area contributed by atoms with Crippen LogP contribution in [0.15, 0.2) is 42.7 Å². The summed E-state index contributed by atoms with van der Waals surface area (Å²) in [6.07, 6.45) is -2.59. The number of fused-ring (bicyclic) bond motifs is 1. The van der Waals surface area contributed by atoms with Crippen molar-refractivity contribution in [3.05, 3.63) is 76.6 Å². The highest BCUT2D eigenvalue weighted by Gasteiger charge is 2.39. The van der Waals surface area contributed by atoms with Crippen molar-refractivity contribution < 1.29 is 22.4 Å². The normalized spacial score (nSPS) is 14.9. The molecule has 4 rings (SSSR count). The highest BCUT2D eigenvalue weighted by atomic mass is 19.4. The molecule has 0 fully saturated rings. The van der Waals surface area contributed by atoms with Crippen LogP contribution < -0.4 is 4.90 Å². The van der Waals surface area contributed by atoms with E-state index in [0.717, 1.165) is 6.07 Å². The molecule has 1 aliphatic rings. The first-order valence-electron chi connectivity index (χ1n) is 9.30. The molecule has 0 aliphatic carbocycles. The van der Waals surface area contributed by atoms with Gasteiger partial charge in [0.15, 0.2) is 0 Å². The van der Waals surface area contributed by atoms with Gasteiger partial charge in [-0.15, -0.1) is 10.2 Å². The molecule has 0 saturated heterocycles. The Morgan fingerprint density at radius 3 is 2.63 bits per heavy atom. The predicted molar refractivity (Wildman–Crippen MR) is 101 cm³/mol. The topological polar surface area (TPSA) is 51.0 Å². The Morgan fingerprint density at radius 2 is 1.97 bits per heavy atom. The summed E-state index contributed by atoms with van der Waals surface area (Å²) in [5.74, 6) is -0.589. The van der Waals surface area contributed by atoms with Crippen LogP contribution in [0.25, 0.3) is 0 Å². The van der Waals surface area contributed by atoms with Gasteiger partial charge in [-0.1, -0.05) is 13.0 Å². The van der Waals surface area contributed by atoms with Gasteiger partial charge in [-0.05, 0) is 47.4 Å². The Morgan fingerprint density at radius 1 is 1.20 bits per heavy atom. The molecule has 0 spiro atoms. The van der Waals surface area contributed by atoms with Gasteiger partial charge in [-0.25, -0.2) is 4.39 Å². The van der Waals surface area contributed by atoms with E-state index in [0.29, 0.717) is 23.5 Å². The SMILES string of the molecule is C[C@@H](Cc1nncn1C)c1cc(N2Cc3c(cccc3C(F)(F)F)C2=O)ccc1F. The van der Waals surface area contributed by atoms with Crippen molar-refractivity contribution >= 4 is 11.6 Å². The molecule has 1 aliphatic heterocycles. The maximum Gasteiger partial charge on any atom is 0.416 e. The van der Waals surface area contributed by atoms with Gasteiger partial charge in [0.05, 0.1) is 12.1 Å². The van der Waals surface area contributed by atoms with E-state index in [4.69, 9.17) is 0 Å². The molecule has 1 atom stereocenters. The van der Waals surface area contributed by atoms with Gasteiger partial charge in [0.1, 0.15) is 18.0 Å². The highest BCUT2D eigenvalue weighted by molar-refractivity contribution is 6.10. The van der Waals surface area contributed by atoms with Gasteiger partial charge in [-0.3, -0.25) is 4.79 Å². The van der Waals surface area contributed by atoms with Crippen LogP contribution in [0.2, 0.25) is 0 Å². The first-order valence-corrected chi connectivity index (χ1v) is 9.30. The monoisotopic (exact) mass is 418 g/mol. The summed E-state index contributed by atoms with van der Waals surface area (Å²) in [6, 6.07) is 7.74. The number of alkyl halides is 3. The van der Waals surface area contributed by atoms with E-state index < -0.39 is 23.5 Å². The van der Waals surface area contributed by atoms with E-state index in [2.05, 4.69) is 10.2 Å². The molecule has 156 valence electrons. The fourth-order valence-electron chi connectivity index (χ4n) is 3.76. The number of rotatable bonds is 4. The van der Waals surface area contributed by atoms with Gasteiger partial charge in [0, 0.05) is 24.7 Å². The van der Waals surface area contributed by atoms with Crippen LogP contribution in [-0.2, 0) is 26.2 Å². The molecule has 1 aromatic heterocycles. The van der Waals surface area contributed by atoms with Crippen LogP contribution in [-0.4, -0.2) is 20.7 Å². The summed E-state index contributed by atoms with van der Waals surface area (Å²) >= 11 is 0. The Labute approximate surface area is 170 Å². The number of aryl methyl sites for hydroxylation is 1. The Kier molecular flexibility index (Phi) is 4.83. The van der Waals surface area contributed by atoms with Crippen molar-refractivity contribution in [2.45, 2.75) is 32.0 Å². The second-order valence-electron chi connectivity index (χ2n) is 7.39. The molecule has 30 heavy (non-hydrogen) atoms. The van der Waals surface area contributed by atoms with E-state index in [9.17, 15) is 22.4 Å². The molecule has 2 aromatic carbocycles. The first kappa shape index (κ1) is 20.1. The quantitative estimate of drug-likeness (QED) is 0.587. The van der Waals surface area contributed by atoms with Crippen molar-refractivity contribution in [2.24, 2.45) is 7.05 Å². The van der Waals surface area contributed by atoms with Crippen molar-refractivity contribution in [1.82, 2.24) is 14.8 Å². The van der Waals surface area contributed by atoms with Gasteiger partial charge < -0.3 is 9.47 Å². The maximum atomic E-state index is 14.5. The minimum absolute atomic E-state index is 0.0165. The zero-order valence-corrected chi connectivity index (χ0v) is 16.2. The van der Waals surface area contributed by atoms with Crippen molar-refractivity contribution in [2.75, 3.05) is 4.90 Å². The van der Waals surface area contributed by atoms with Crippen molar-refractivity contribution in [3.63, 3.8) is 0 Å². The number of hydrogen-bond acceptors (Lipinski definition) is 3. The molecule has 1 amide bonds. The summed E-state index contributed by atoms with van der Waals surface area (Å²) < 4.78 is 56.3. The summed E-state index contributed by atoms with van der Waals surface area (Å²) in [7, 11) is 1.78. The van der Waals surface area contributed by atoms with Gasteiger partial charge >= 0.3 is 6.18 Å². The van der Waals surface area contributed by atoms with E-state index in [1.54, 1.807) is 17.9 Å². The number of anilines is 1. The lowest BCUT2D eigenvalue weighted by Crippen LogP contribution is -2.23. The third-order valence-electron chi connectivity index (χ3n) is 5.39. The predicted octanol–water partition coefficient (Wildman–Crippen LogP) is 4.48. The number of aromatic nitrogens is 3. The third-order valence-corrected chi connectivity index (χ3v) is 5.39. The Bertz CT molecular complexity index is 1120. The average molecular weight is 418 g/mol. The molecular formula is C21H18F4N4O. The standard InChI is InChI=1S/C21H18F4N4O/c1-12(8-19-27-26-11-28(19)2)15-9-13(6-7-18(15)22)29-10-16-14(20(29)30)4-3-5-17(16)21(23,24)25/h3-7,9,11-12H,8,10H2,1-2H3/t12-/m0/s1. The van der Waals surface area contributed by atoms with Crippen molar-refractivity contribution in [3.8, 4) is 0 Å². The number of nitrogens with zero attached hydrogens (tertiary/aromatic N) is 4. The lowest BCUT2D eigenvalue weighted by atomic mass is 9.96. The molecule has 0 N–H and O–H groups in total. The van der Waals surface area contributed by atoms with Gasteiger partial charge in [-0.2, -0.15) is 13.2 Å². The number of carbonyl (C=O) groups is 1. The molecule has 3 aromatic rings. The summed E-state index contributed by atoms with van der Waals surface area (Å²) in [6.45, 7) is 1.60. The number of hydrogen-bond donors (Lipinski definition) is 0. The van der Waals surface area contributed by atoms with Crippen molar-refractivity contribution in [1.29, 1.82) is 0 Å². The minimum atomic E-state index is -4.56. The second kappa shape index (κ2) is 7.23. The Balaban J connectivity index is 1.66. The second-order valence-corrected chi connectivity index (χ2v) is 7.39. The summed E-state index contributed by atoms with van der Waals surface area (Å²) in [5, 5.41) is 7.81. The van der Waals surface area contributed by atoms with Crippen LogP contribution in [0.4, 0.5) is 23.2 Å². The van der Waals surface area contributed by atoms with Crippen LogP contribution in [0.1, 0.15) is 45.7 Å².